The van der Waals surface area contributed by atoms with Gasteiger partial charge >= 0.3 is 11.9 Å². The summed E-state index contributed by atoms with van der Waals surface area (Å²) in [6, 6.07) is 4.88. The highest BCUT2D eigenvalue weighted by Gasteiger charge is 2.27. The van der Waals surface area contributed by atoms with Gasteiger partial charge in [-0.25, -0.2) is 18.0 Å². The Morgan fingerprint density at radius 2 is 1.77 bits per heavy atom. The van der Waals surface area contributed by atoms with Crippen LogP contribution in [0.25, 0.3) is 0 Å². The number of hydrogen-bond acceptors (Lipinski definition) is 9. The summed E-state index contributed by atoms with van der Waals surface area (Å²) in [7, 11) is -1.36. The number of anilines is 2. The van der Waals surface area contributed by atoms with Gasteiger partial charge in [-0.3, -0.25) is 0 Å². The molecule has 2 atom stereocenters. The largest absolute Gasteiger partial charge is 0.466 e. The summed E-state index contributed by atoms with van der Waals surface area (Å²) < 4.78 is 41.0. The van der Waals surface area contributed by atoms with Crippen LogP contribution in [0.4, 0.5) is 11.4 Å². The Kier molecular flexibility index (Phi) is 8.08. The predicted octanol–water partition coefficient (Wildman–Crippen LogP) is 2.12. The summed E-state index contributed by atoms with van der Waals surface area (Å²) in [6.07, 6.45) is 0.927. The van der Waals surface area contributed by atoms with Crippen LogP contribution in [0.5, 0.6) is 0 Å². The highest BCUT2D eigenvalue weighted by atomic mass is 32.2. The molecule has 1 aliphatic heterocycles. The number of sulfone groups is 1. The lowest BCUT2D eigenvalue weighted by Gasteiger charge is -2.37. The van der Waals surface area contributed by atoms with Gasteiger partial charge in [0.1, 0.15) is 5.70 Å². The molecule has 1 fully saturated rings. The quantitative estimate of drug-likeness (QED) is 0.489. The molecule has 0 radical (unpaired) electrons. The van der Waals surface area contributed by atoms with E-state index >= 15 is 0 Å². The van der Waals surface area contributed by atoms with Crippen LogP contribution < -0.4 is 10.2 Å². The molecular formula is C21H30N2O7S. The zero-order valence-electron chi connectivity index (χ0n) is 18.7. The number of carbonyl (C=O) groups is 2. The van der Waals surface area contributed by atoms with Gasteiger partial charge in [-0.15, -0.1) is 0 Å². The average Bonchev–Trinajstić information content (AvgIpc) is 2.71. The fourth-order valence-electron chi connectivity index (χ4n) is 3.28. The topological polar surface area (TPSA) is 111 Å². The van der Waals surface area contributed by atoms with E-state index in [4.69, 9.17) is 9.47 Å². The minimum Gasteiger partial charge on any atom is -0.466 e. The van der Waals surface area contributed by atoms with E-state index in [-0.39, 0.29) is 28.5 Å². The third kappa shape index (κ3) is 5.98. The molecule has 0 aromatic heterocycles. The Hall–Kier alpha value is -2.59. The molecule has 9 nitrogen and oxygen atoms in total. The third-order valence-electron chi connectivity index (χ3n) is 4.81. The number of nitrogens with one attached hydrogen (secondary N) is 1. The Bertz CT molecular complexity index is 946. The lowest BCUT2D eigenvalue weighted by molar-refractivity contribution is -0.138. The Morgan fingerprint density at radius 1 is 1.16 bits per heavy atom. The van der Waals surface area contributed by atoms with Crippen LogP contribution in [0.2, 0.25) is 0 Å². The molecule has 0 aliphatic carbocycles. The molecule has 1 heterocycles. The number of methoxy groups -OCH3 is 2. The molecule has 1 aliphatic rings. The minimum absolute atomic E-state index is 0.00378. The normalized spacial score (nSPS) is 19.8. The number of morpholine rings is 1. The van der Waals surface area contributed by atoms with Gasteiger partial charge in [0, 0.05) is 18.8 Å². The highest BCUT2D eigenvalue weighted by molar-refractivity contribution is 7.92. The maximum absolute atomic E-state index is 12.9. The minimum atomic E-state index is -3.69. The van der Waals surface area contributed by atoms with E-state index in [1.54, 1.807) is 26.0 Å². The summed E-state index contributed by atoms with van der Waals surface area (Å²) in [6.45, 7) is 8.33. The van der Waals surface area contributed by atoms with E-state index in [1.807, 2.05) is 13.8 Å². The molecule has 0 amide bonds. The first-order chi connectivity index (χ1) is 14.5. The summed E-state index contributed by atoms with van der Waals surface area (Å²) in [5, 5.41) is 2.09. The van der Waals surface area contributed by atoms with Gasteiger partial charge in [-0.05, 0) is 45.9 Å². The van der Waals surface area contributed by atoms with Gasteiger partial charge in [0.05, 0.1) is 48.3 Å². The Balaban J connectivity index is 2.58. The molecule has 2 unspecified atom stereocenters. The van der Waals surface area contributed by atoms with Gasteiger partial charge < -0.3 is 24.4 Å². The molecule has 0 bridgehead atoms. The molecule has 1 aromatic rings. The van der Waals surface area contributed by atoms with E-state index < -0.39 is 27.0 Å². The molecule has 2 rings (SSSR count). The SMILES string of the molecule is COC(=O)/C=C(/Nc1cc(N2CC(C)OC(C)C2)ccc1S(=O)(=O)C(C)C)C(=O)OC. The van der Waals surface area contributed by atoms with Crippen molar-refractivity contribution >= 4 is 33.2 Å². The van der Waals surface area contributed by atoms with E-state index in [2.05, 4.69) is 15.0 Å². The highest BCUT2D eigenvalue weighted by Crippen LogP contribution is 2.32. The maximum Gasteiger partial charge on any atom is 0.354 e. The summed E-state index contributed by atoms with van der Waals surface area (Å²) in [5.74, 6) is -1.62. The van der Waals surface area contributed by atoms with Crippen LogP contribution >= 0.6 is 0 Å². The molecule has 1 saturated heterocycles. The molecule has 1 N–H and O–H groups in total. The fraction of sp³-hybridized carbons (Fsp3) is 0.524. The second-order valence-corrected chi connectivity index (χ2v) is 10.1. The number of nitrogens with zero attached hydrogens (tertiary/aromatic N) is 1. The predicted molar refractivity (Wildman–Crippen MR) is 117 cm³/mol. The van der Waals surface area contributed by atoms with Gasteiger partial charge in [-0.1, -0.05) is 0 Å². The fourth-order valence-corrected chi connectivity index (χ4v) is 4.46. The van der Waals surface area contributed by atoms with Crippen molar-refractivity contribution in [3.8, 4) is 0 Å². The monoisotopic (exact) mass is 454 g/mol. The van der Waals surface area contributed by atoms with Gasteiger partial charge in [0.2, 0.25) is 0 Å². The van der Waals surface area contributed by atoms with Crippen molar-refractivity contribution in [2.75, 3.05) is 37.5 Å². The van der Waals surface area contributed by atoms with Crippen molar-refractivity contribution in [1.82, 2.24) is 0 Å². The van der Waals surface area contributed by atoms with Crippen molar-refractivity contribution in [3.63, 3.8) is 0 Å². The van der Waals surface area contributed by atoms with Gasteiger partial charge in [0.15, 0.2) is 9.84 Å². The molecule has 1 aromatic carbocycles. The first-order valence-corrected chi connectivity index (χ1v) is 11.5. The Morgan fingerprint density at radius 3 is 2.29 bits per heavy atom. The summed E-state index contributed by atoms with van der Waals surface area (Å²) >= 11 is 0. The summed E-state index contributed by atoms with van der Waals surface area (Å²) in [4.78, 5) is 26.0. The lowest BCUT2D eigenvalue weighted by atomic mass is 10.2. The zero-order chi connectivity index (χ0) is 23.3. The number of ether oxygens (including phenoxy) is 3. The van der Waals surface area contributed by atoms with E-state index in [9.17, 15) is 18.0 Å². The van der Waals surface area contributed by atoms with E-state index in [0.717, 1.165) is 18.9 Å². The smallest absolute Gasteiger partial charge is 0.354 e. The molecule has 31 heavy (non-hydrogen) atoms. The molecule has 0 spiro atoms. The van der Waals surface area contributed by atoms with Crippen LogP contribution in [0.15, 0.2) is 34.9 Å². The van der Waals surface area contributed by atoms with Crippen molar-refractivity contribution in [1.29, 1.82) is 0 Å². The number of rotatable bonds is 7. The average molecular weight is 455 g/mol. The number of benzene rings is 1. The van der Waals surface area contributed by atoms with Crippen LogP contribution in [0.1, 0.15) is 27.7 Å². The van der Waals surface area contributed by atoms with Crippen molar-refractivity contribution < 1.29 is 32.2 Å². The standard InChI is InChI=1S/C21H30N2O7S/c1-13(2)31(26,27)19-8-7-16(23-11-14(3)30-15(4)12-23)9-17(19)22-18(21(25)29-6)10-20(24)28-5/h7-10,13-15,22H,11-12H2,1-6H3/b18-10+. The van der Waals surface area contributed by atoms with Crippen molar-refractivity contribution in [2.24, 2.45) is 0 Å². The number of hydrogen-bond donors (Lipinski definition) is 1. The number of esters is 2. The maximum atomic E-state index is 12.9. The van der Waals surface area contributed by atoms with Crippen molar-refractivity contribution in [2.45, 2.75) is 50.0 Å². The van der Waals surface area contributed by atoms with E-state index in [0.29, 0.717) is 13.1 Å². The molecular weight excluding hydrogens is 424 g/mol. The lowest BCUT2D eigenvalue weighted by Crippen LogP contribution is -2.45. The zero-order valence-corrected chi connectivity index (χ0v) is 19.5. The first-order valence-electron chi connectivity index (χ1n) is 9.92. The number of carbonyl (C=O) groups excluding carboxylic acids is 2. The molecule has 172 valence electrons. The van der Waals surface area contributed by atoms with Crippen LogP contribution in [-0.2, 0) is 33.6 Å². The van der Waals surface area contributed by atoms with Crippen LogP contribution in [-0.4, -0.2) is 65.1 Å². The second-order valence-electron chi connectivity index (χ2n) is 7.63. The van der Waals surface area contributed by atoms with E-state index in [1.165, 1.54) is 13.2 Å². The molecule has 10 heteroatoms. The van der Waals surface area contributed by atoms with Gasteiger partial charge in [-0.2, -0.15) is 0 Å². The summed E-state index contributed by atoms with van der Waals surface area (Å²) in [5.41, 5.74) is 0.684. The molecule has 0 saturated carbocycles. The Labute approximate surface area is 183 Å². The third-order valence-corrected chi connectivity index (χ3v) is 7.02. The van der Waals surface area contributed by atoms with Gasteiger partial charge in [0.25, 0.3) is 0 Å². The van der Waals surface area contributed by atoms with Crippen LogP contribution in [0.3, 0.4) is 0 Å². The van der Waals surface area contributed by atoms with Crippen LogP contribution in [0, 0.1) is 0 Å². The first kappa shape index (κ1) is 24.7. The van der Waals surface area contributed by atoms with Crippen molar-refractivity contribution in [3.05, 3.63) is 30.0 Å². The second kappa shape index (κ2) is 10.1.